The number of carbonyl (C=O) groups excluding carboxylic acids is 1. The van der Waals surface area contributed by atoms with Crippen LogP contribution in [0.25, 0.3) is 11.1 Å². The predicted molar refractivity (Wildman–Crippen MR) is 82.3 cm³/mol. The predicted octanol–water partition coefficient (Wildman–Crippen LogP) is 2.07. The van der Waals surface area contributed by atoms with Crippen LogP contribution in [0, 0.1) is 0 Å². The van der Waals surface area contributed by atoms with E-state index in [9.17, 15) is 4.79 Å². The van der Waals surface area contributed by atoms with Gasteiger partial charge in [0.05, 0.1) is 24.9 Å². The Hall–Kier alpha value is -1.86. The summed E-state index contributed by atoms with van der Waals surface area (Å²) in [5.74, 6) is 0.203. The van der Waals surface area contributed by atoms with Crippen LogP contribution >= 0.6 is 15.9 Å². The topological polar surface area (TPSA) is 79.4 Å². The molecule has 0 atom stereocenters. The van der Waals surface area contributed by atoms with Gasteiger partial charge in [0.1, 0.15) is 11.4 Å². The van der Waals surface area contributed by atoms with Crippen molar-refractivity contribution in [3.8, 4) is 16.9 Å². The minimum absolute atomic E-state index is 0.415. The zero-order valence-electron chi connectivity index (χ0n) is 11.8. The van der Waals surface area contributed by atoms with Gasteiger partial charge in [0.25, 0.3) is 0 Å². The first-order valence-electron chi connectivity index (χ1n) is 6.29. The van der Waals surface area contributed by atoms with Gasteiger partial charge in [-0.1, -0.05) is 0 Å². The van der Waals surface area contributed by atoms with Crippen LogP contribution in [-0.4, -0.2) is 36.3 Å². The monoisotopic (exact) mass is 353 g/mol. The largest absolute Gasteiger partial charge is 0.494 e. The molecule has 0 saturated heterocycles. The fourth-order valence-electron chi connectivity index (χ4n) is 2.10. The van der Waals surface area contributed by atoms with Crippen LogP contribution in [-0.2, 0) is 11.3 Å². The molecule has 21 heavy (non-hydrogen) atoms. The van der Waals surface area contributed by atoms with Crippen molar-refractivity contribution >= 4 is 21.9 Å². The summed E-state index contributed by atoms with van der Waals surface area (Å²) in [6, 6.07) is 1.83. The zero-order valence-corrected chi connectivity index (χ0v) is 13.4. The third-order valence-electron chi connectivity index (χ3n) is 3.06. The highest BCUT2D eigenvalue weighted by Gasteiger charge is 2.22. The van der Waals surface area contributed by atoms with Gasteiger partial charge in [0.2, 0.25) is 0 Å². The first kappa shape index (κ1) is 15.5. The molecular formula is C14H16BrN3O3. The molecule has 6 nitrogen and oxygen atoms in total. The molecule has 0 radical (unpaired) electrons. The number of aromatic nitrogens is 2. The summed E-state index contributed by atoms with van der Waals surface area (Å²) in [6.45, 7) is 0.925. The number of pyridine rings is 1. The van der Waals surface area contributed by atoms with Crippen molar-refractivity contribution in [2.45, 2.75) is 6.54 Å². The lowest BCUT2D eigenvalue weighted by atomic mass is 10.1. The highest BCUT2D eigenvalue weighted by molar-refractivity contribution is 9.10. The summed E-state index contributed by atoms with van der Waals surface area (Å²) in [5, 5.41) is 0. The maximum atomic E-state index is 12.0. The number of ether oxygens (including phenoxy) is 2. The third kappa shape index (κ3) is 2.93. The normalized spacial score (nSPS) is 10.5. The maximum absolute atomic E-state index is 12.0. The molecule has 2 heterocycles. The number of hydrogen-bond donors (Lipinski definition) is 1. The number of hydrogen-bond acceptors (Lipinski definition) is 5. The fraction of sp³-hybridized carbons (Fsp3) is 0.286. The van der Waals surface area contributed by atoms with Crippen molar-refractivity contribution in [1.82, 2.24) is 9.55 Å². The van der Waals surface area contributed by atoms with Crippen molar-refractivity contribution in [3.05, 3.63) is 34.8 Å². The van der Waals surface area contributed by atoms with Crippen LogP contribution in [0.2, 0.25) is 0 Å². The number of esters is 1. The van der Waals surface area contributed by atoms with Gasteiger partial charge in [0, 0.05) is 36.6 Å². The maximum Gasteiger partial charge on any atom is 0.355 e. The molecule has 0 aromatic carbocycles. The van der Waals surface area contributed by atoms with Gasteiger partial charge in [-0.15, -0.1) is 0 Å². The van der Waals surface area contributed by atoms with Gasteiger partial charge in [-0.05, 0) is 22.0 Å². The fourth-order valence-corrected chi connectivity index (χ4v) is 2.81. The van der Waals surface area contributed by atoms with E-state index in [1.807, 2.05) is 12.3 Å². The van der Waals surface area contributed by atoms with Gasteiger partial charge in [-0.2, -0.15) is 0 Å². The average molecular weight is 354 g/mol. The number of methoxy groups -OCH3 is 2. The Morgan fingerprint density at radius 3 is 2.81 bits per heavy atom. The smallest absolute Gasteiger partial charge is 0.355 e. The van der Waals surface area contributed by atoms with Gasteiger partial charge in [0.15, 0.2) is 0 Å². The Morgan fingerprint density at radius 2 is 2.19 bits per heavy atom. The van der Waals surface area contributed by atoms with Crippen molar-refractivity contribution in [1.29, 1.82) is 0 Å². The Bertz CT molecular complexity index is 655. The van der Waals surface area contributed by atoms with E-state index in [2.05, 4.69) is 20.9 Å². The number of carbonyl (C=O) groups is 1. The van der Waals surface area contributed by atoms with E-state index in [4.69, 9.17) is 15.2 Å². The van der Waals surface area contributed by atoms with Crippen LogP contribution in [0.1, 0.15) is 10.5 Å². The summed E-state index contributed by atoms with van der Waals surface area (Å²) < 4.78 is 12.6. The molecule has 0 spiro atoms. The summed E-state index contributed by atoms with van der Waals surface area (Å²) in [5.41, 5.74) is 7.69. The Labute approximate surface area is 131 Å². The van der Waals surface area contributed by atoms with E-state index < -0.39 is 5.97 Å². The summed E-state index contributed by atoms with van der Waals surface area (Å²) in [4.78, 5) is 16.0. The molecule has 0 amide bonds. The van der Waals surface area contributed by atoms with Gasteiger partial charge < -0.3 is 19.8 Å². The molecule has 0 aliphatic rings. The second-order valence-corrected chi connectivity index (χ2v) is 5.05. The number of rotatable bonds is 5. The molecule has 112 valence electrons. The van der Waals surface area contributed by atoms with Crippen LogP contribution < -0.4 is 10.5 Å². The first-order chi connectivity index (χ1) is 10.1. The lowest BCUT2D eigenvalue weighted by molar-refractivity contribution is 0.0587. The molecular weight excluding hydrogens is 338 g/mol. The van der Waals surface area contributed by atoms with Gasteiger partial charge in [-0.25, -0.2) is 4.79 Å². The minimum Gasteiger partial charge on any atom is -0.494 e. The molecule has 2 aromatic heterocycles. The van der Waals surface area contributed by atoms with Crippen molar-refractivity contribution in [2.75, 3.05) is 20.8 Å². The van der Waals surface area contributed by atoms with E-state index >= 15 is 0 Å². The van der Waals surface area contributed by atoms with E-state index in [-0.39, 0.29) is 0 Å². The van der Waals surface area contributed by atoms with Crippen LogP contribution in [0.15, 0.2) is 29.1 Å². The van der Waals surface area contributed by atoms with E-state index in [1.165, 1.54) is 7.11 Å². The highest BCUT2D eigenvalue weighted by Crippen LogP contribution is 2.37. The number of nitrogens with zero attached hydrogens (tertiary/aromatic N) is 2. The molecule has 7 heteroatoms. The Balaban J connectivity index is 2.62. The molecule has 0 aliphatic heterocycles. The molecule has 2 aromatic rings. The third-order valence-corrected chi connectivity index (χ3v) is 3.86. The van der Waals surface area contributed by atoms with Crippen molar-refractivity contribution in [3.63, 3.8) is 0 Å². The molecule has 0 aliphatic carbocycles. The second-order valence-electron chi connectivity index (χ2n) is 4.25. The van der Waals surface area contributed by atoms with E-state index in [0.29, 0.717) is 29.0 Å². The zero-order chi connectivity index (χ0) is 15.4. The van der Waals surface area contributed by atoms with Crippen molar-refractivity contribution < 1.29 is 14.3 Å². The molecule has 0 saturated carbocycles. The molecule has 2 rings (SSSR count). The standard InChI is InChI=1S/C14H16BrN3O3/c1-20-11-7-17-5-3-9(11)10-8-18(6-4-16)13(12(10)15)14(19)21-2/h3,5,7-8H,4,6,16H2,1-2H3. The van der Waals surface area contributed by atoms with E-state index in [0.717, 1.165) is 11.1 Å². The van der Waals surface area contributed by atoms with Crippen LogP contribution in [0.3, 0.4) is 0 Å². The van der Waals surface area contributed by atoms with Gasteiger partial charge in [-0.3, -0.25) is 4.98 Å². The van der Waals surface area contributed by atoms with Crippen molar-refractivity contribution in [2.24, 2.45) is 5.73 Å². The van der Waals surface area contributed by atoms with Gasteiger partial charge >= 0.3 is 5.97 Å². The first-order valence-corrected chi connectivity index (χ1v) is 7.08. The summed E-state index contributed by atoms with van der Waals surface area (Å²) in [6.07, 6.45) is 5.14. The molecule has 0 fully saturated rings. The van der Waals surface area contributed by atoms with Crippen LogP contribution in [0.5, 0.6) is 5.75 Å². The van der Waals surface area contributed by atoms with E-state index in [1.54, 1.807) is 24.1 Å². The van der Waals surface area contributed by atoms with Crippen LogP contribution in [0.4, 0.5) is 0 Å². The molecule has 2 N–H and O–H groups in total. The minimum atomic E-state index is -0.422. The average Bonchev–Trinajstić information content (AvgIpc) is 2.83. The summed E-state index contributed by atoms with van der Waals surface area (Å²) in [7, 11) is 2.92. The lowest BCUT2D eigenvalue weighted by Gasteiger charge is -2.06. The molecule has 0 bridgehead atoms. The quantitative estimate of drug-likeness (QED) is 0.832. The lowest BCUT2D eigenvalue weighted by Crippen LogP contribution is -2.15. The summed E-state index contributed by atoms with van der Waals surface area (Å²) >= 11 is 3.48. The SMILES string of the molecule is COC(=O)c1c(Br)c(-c2ccncc2OC)cn1CCN. The second kappa shape index (κ2) is 6.73. The number of halogens is 1. The number of nitrogens with two attached hydrogens (primary N) is 1. The Kier molecular flexibility index (Phi) is 4.98. The molecule has 0 unspecified atom stereocenters. The highest BCUT2D eigenvalue weighted by atomic mass is 79.9. The Morgan fingerprint density at radius 1 is 1.43 bits per heavy atom.